The molecule has 16 rings (SSSR count). The SMILES string of the molecule is CN1C[C@H](Oc2cccc(S(=O)(=O)F)c2)C[C@H]1COc1nc(N2C[C@H]3CC[C@@H](C2)N3)c2cnc(-c3cccc4cccc(Cl)c34)c(F)c2n1.CN1C[C@H](Oc2cccc(S(=O)(=O)F)c2)C[C@H]1COc1nc(OC(=O)N2C3CCC2CNC3)c2cnc(-c3cccc4cccc(Cl)c34)c(F)c2n1.O=C(O)C(F)(F)F.O=C(O)C(F)(F)F.O=C(O)C(F)(F)F. The number of hydrogen-bond donors (Lipinski definition) is 5. The predicted molar refractivity (Wildman–Crippen MR) is 413 cm³/mol. The highest BCUT2D eigenvalue weighted by atomic mass is 35.5. The number of likely N-dealkylation sites (tertiary alicyclic amines) is 2. The monoisotopic (exact) mass is 1800 g/mol. The number of carbonyl (C=O) groups is 4. The maximum Gasteiger partial charge on any atom is 0.490 e. The Balaban J connectivity index is 0.000000181. The number of benzene rings is 6. The lowest BCUT2D eigenvalue weighted by Crippen LogP contribution is -2.55. The fourth-order valence-electron chi connectivity index (χ4n) is 14.8. The molecule has 6 saturated heterocycles. The van der Waals surface area contributed by atoms with Crippen LogP contribution in [0.4, 0.5) is 66.7 Å². The molecule has 45 heteroatoms. The minimum Gasteiger partial charge on any atom is -0.489 e. The summed E-state index contributed by atoms with van der Waals surface area (Å²) in [6, 6.07) is 32.7. The summed E-state index contributed by atoms with van der Waals surface area (Å²) in [5.74, 6) is -8.74. The molecule has 28 nitrogen and oxygen atoms in total. The molecule has 10 heterocycles. The van der Waals surface area contributed by atoms with E-state index in [1.165, 1.54) is 30.5 Å². The fourth-order valence-corrected chi connectivity index (χ4v) is 16.3. The molecule has 4 bridgehead atoms. The van der Waals surface area contributed by atoms with Gasteiger partial charge in [-0.3, -0.25) is 24.7 Å². The zero-order valence-corrected chi connectivity index (χ0v) is 66.5. The van der Waals surface area contributed by atoms with Gasteiger partial charge < -0.3 is 54.5 Å². The fraction of sp³-hybridized carbons (Fsp3) is 0.351. The van der Waals surface area contributed by atoms with Crippen molar-refractivity contribution in [3.63, 3.8) is 0 Å². The maximum absolute atomic E-state index is 16.7. The van der Waals surface area contributed by atoms with Crippen molar-refractivity contribution in [2.75, 3.05) is 71.5 Å². The summed E-state index contributed by atoms with van der Waals surface area (Å²) < 4.78 is 231. The number of halogens is 15. The first-order chi connectivity index (χ1) is 57.5. The van der Waals surface area contributed by atoms with Gasteiger partial charge in [0.15, 0.2) is 11.6 Å². The molecule has 6 aliphatic heterocycles. The van der Waals surface area contributed by atoms with E-state index in [-0.39, 0.29) is 107 Å². The predicted octanol–water partition coefficient (Wildman–Crippen LogP) is 13.4. The summed E-state index contributed by atoms with van der Waals surface area (Å²) in [5.41, 5.74) is 1.15. The smallest absolute Gasteiger partial charge is 0.489 e. The van der Waals surface area contributed by atoms with Gasteiger partial charge in [0.2, 0.25) is 5.88 Å². The number of carbonyl (C=O) groups excluding carboxylic acids is 1. The van der Waals surface area contributed by atoms with Crippen molar-refractivity contribution >= 4 is 117 Å². The first-order valence-electron chi connectivity index (χ1n) is 36.8. The number of pyridine rings is 2. The van der Waals surface area contributed by atoms with Crippen molar-refractivity contribution in [3.8, 4) is 51.9 Å². The molecule has 0 aliphatic carbocycles. The number of piperazine rings is 2. The van der Waals surface area contributed by atoms with Gasteiger partial charge in [0.05, 0.1) is 10.8 Å². The number of alkyl halides is 9. The summed E-state index contributed by atoms with van der Waals surface area (Å²) in [7, 11) is -5.95. The Morgan fingerprint density at radius 1 is 0.533 bits per heavy atom. The summed E-state index contributed by atoms with van der Waals surface area (Å²) in [5, 5.41) is 32.9. The standard InChI is InChI=1S/C36H33ClF2N6O6S.C35H33ClF2N6O4S.3C2HF3O2/c1-44-18-25(50-24-7-4-8-26(14-24)52(39,47)48)13-23(44)19-49-35-42-33-28(34(43-35)51-36(46)45-21-11-12-22(45)16-40-15-21)17-41-32(31(33)38)27-9-2-5-20-6-3-10-29(37)30(20)27;1-43-18-25(48-24-7-4-8-26(14-24)49(38,45)46)13-23(43)19-47-35-41-33-28(34(42-35)44-16-21-11-12-22(17-44)40-21)15-39-32(31(33)37)27-9-2-5-20-6-3-10-29(36)30(20)27;3*3-2(4,5)1(6)7/h2-10,14,17,21-23,25,40H,11-13,15-16,18-19H2,1H3;2-10,14-15,21-23,25,40H,11-13,16-19H2,1H3;3*(H,6,7)/t21?,22?,23-,25+;21-,22+,23-,25+;;;/m00.../s1. The number of carboxylic acid groups (broad SMARTS) is 3. The third-order valence-corrected chi connectivity index (χ3v) is 22.7. The topological polar surface area (TPSA) is 358 Å². The van der Waals surface area contributed by atoms with Crippen molar-refractivity contribution in [1.29, 1.82) is 0 Å². The number of carboxylic acids is 3. The number of ether oxygens (including phenoxy) is 5. The Morgan fingerprint density at radius 3 is 1.34 bits per heavy atom. The van der Waals surface area contributed by atoms with Crippen LogP contribution in [0, 0.1) is 11.6 Å². The number of fused-ring (bicyclic) bond motifs is 8. The molecule has 4 aromatic heterocycles. The van der Waals surface area contributed by atoms with E-state index in [0.717, 1.165) is 61.7 Å². The van der Waals surface area contributed by atoms with Crippen LogP contribution in [0.15, 0.2) is 144 Å². The highest BCUT2D eigenvalue weighted by Crippen LogP contribution is 2.42. The molecule has 5 N–H and O–H groups in total. The van der Waals surface area contributed by atoms with Crippen LogP contribution >= 0.6 is 23.2 Å². The Hall–Kier alpha value is -11.1. The van der Waals surface area contributed by atoms with E-state index in [9.17, 15) is 68.9 Å². The molecular formula is C77H69Cl2F13N12O16S2. The van der Waals surface area contributed by atoms with Crippen LogP contribution in [0.2, 0.25) is 10.0 Å². The van der Waals surface area contributed by atoms with Gasteiger partial charge in [0, 0.05) is 145 Å². The van der Waals surface area contributed by atoms with E-state index >= 15 is 8.78 Å². The molecule has 6 fully saturated rings. The molecule has 0 radical (unpaired) electrons. The highest BCUT2D eigenvalue weighted by molar-refractivity contribution is 7.86. The minimum atomic E-state index is -5.08. The molecule has 0 saturated carbocycles. The zero-order chi connectivity index (χ0) is 88.2. The average molecular weight is 1800 g/mol. The number of nitrogens with zero attached hydrogens (tertiary/aromatic N) is 10. The van der Waals surface area contributed by atoms with Crippen molar-refractivity contribution in [2.24, 2.45) is 0 Å². The zero-order valence-electron chi connectivity index (χ0n) is 63.3. The Kier molecular flexibility index (Phi) is 27.3. The van der Waals surface area contributed by atoms with Gasteiger partial charge in [-0.15, -0.1) is 7.77 Å². The van der Waals surface area contributed by atoms with E-state index in [1.54, 1.807) is 53.6 Å². The van der Waals surface area contributed by atoms with E-state index in [0.29, 0.717) is 94.3 Å². The van der Waals surface area contributed by atoms with Gasteiger partial charge in [-0.2, -0.15) is 76.3 Å². The molecule has 6 aliphatic rings. The highest BCUT2D eigenvalue weighted by Gasteiger charge is 2.44. The molecule has 10 aromatic rings. The number of amides is 1. The van der Waals surface area contributed by atoms with Crippen molar-refractivity contribution in [2.45, 2.75) is 115 Å². The molecular weight excluding hydrogens is 1730 g/mol. The summed E-state index contributed by atoms with van der Waals surface area (Å²) in [6.07, 6.45) is -8.63. The van der Waals surface area contributed by atoms with E-state index < -0.39 is 84.4 Å². The summed E-state index contributed by atoms with van der Waals surface area (Å²) >= 11 is 13.2. The van der Waals surface area contributed by atoms with Crippen LogP contribution in [-0.4, -0.2) is 234 Å². The van der Waals surface area contributed by atoms with Gasteiger partial charge in [-0.25, -0.2) is 28.0 Å². The molecule has 8 atom stereocenters. The van der Waals surface area contributed by atoms with Crippen molar-refractivity contribution in [3.05, 3.63) is 155 Å². The van der Waals surface area contributed by atoms with Crippen LogP contribution in [0.3, 0.4) is 0 Å². The van der Waals surface area contributed by atoms with Crippen LogP contribution in [0.1, 0.15) is 38.5 Å². The Labute approximate surface area is 693 Å². The Morgan fingerprint density at radius 2 is 0.926 bits per heavy atom. The summed E-state index contributed by atoms with van der Waals surface area (Å²) in [6.45, 7) is 4.01. The molecule has 2 unspecified atom stereocenters. The number of anilines is 1. The average Bonchev–Trinajstić information content (AvgIpc) is 1.05. The van der Waals surface area contributed by atoms with Crippen molar-refractivity contribution < 1.29 is 131 Å². The first kappa shape index (κ1) is 90.2. The van der Waals surface area contributed by atoms with Gasteiger partial charge in [-0.1, -0.05) is 96.0 Å². The normalized spacial score (nSPS) is 20.4. The molecule has 650 valence electrons. The van der Waals surface area contributed by atoms with Crippen LogP contribution in [0.25, 0.3) is 65.9 Å². The van der Waals surface area contributed by atoms with Crippen LogP contribution in [-0.2, 0) is 34.8 Å². The van der Waals surface area contributed by atoms with E-state index in [2.05, 4.69) is 45.4 Å². The van der Waals surface area contributed by atoms with Gasteiger partial charge in [0.25, 0.3) is 0 Å². The largest absolute Gasteiger partial charge is 0.490 e. The Bertz CT molecular complexity index is 5770. The quantitative estimate of drug-likeness (QED) is 0.0443. The second-order valence-corrected chi connectivity index (χ2v) is 32.2. The third kappa shape index (κ3) is 21.5. The number of likely N-dealkylation sites (N-methyl/N-ethyl adjacent to an activating group) is 2. The number of aliphatic carboxylic acids is 3. The van der Waals surface area contributed by atoms with Crippen LogP contribution < -0.4 is 39.2 Å². The molecule has 1 amide bonds. The van der Waals surface area contributed by atoms with Gasteiger partial charge in [0.1, 0.15) is 75.0 Å². The van der Waals surface area contributed by atoms with E-state index in [1.807, 2.05) is 61.5 Å². The first-order valence-corrected chi connectivity index (χ1v) is 40.3. The number of aromatic nitrogens is 6. The summed E-state index contributed by atoms with van der Waals surface area (Å²) in [4.78, 5) is 74.7. The minimum absolute atomic E-state index is 0.00780. The van der Waals surface area contributed by atoms with Gasteiger partial charge >= 0.3 is 75.0 Å². The molecule has 6 aromatic carbocycles. The maximum atomic E-state index is 16.7. The number of nitrogens with one attached hydrogen (secondary N) is 2. The lowest BCUT2D eigenvalue weighted by Gasteiger charge is -2.34. The second-order valence-electron chi connectivity index (χ2n) is 28.6. The lowest BCUT2D eigenvalue weighted by atomic mass is 10.0. The van der Waals surface area contributed by atoms with Crippen LogP contribution in [0.5, 0.6) is 29.4 Å². The molecule has 122 heavy (non-hydrogen) atoms. The van der Waals surface area contributed by atoms with Crippen molar-refractivity contribution in [1.82, 2.24) is 55.2 Å². The molecule has 0 spiro atoms. The number of rotatable bonds is 16. The second kappa shape index (κ2) is 36.9. The van der Waals surface area contributed by atoms with Gasteiger partial charge in [-0.05, 0) is 86.9 Å². The number of hydrogen-bond acceptors (Lipinski definition) is 24. The lowest BCUT2D eigenvalue weighted by molar-refractivity contribution is -0.193. The third-order valence-electron chi connectivity index (χ3n) is 20.4. The van der Waals surface area contributed by atoms with E-state index in [4.69, 9.17) is 81.6 Å².